The zero-order valence-electron chi connectivity index (χ0n) is 13.0. The van der Waals surface area contributed by atoms with Crippen molar-refractivity contribution in [2.24, 2.45) is 0 Å². The van der Waals surface area contributed by atoms with Gasteiger partial charge in [0.05, 0.1) is 6.10 Å². The molecule has 0 saturated heterocycles. The second kappa shape index (κ2) is 6.67. The first-order valence-corrected chi connectivity index (χ1v) is 7.93. The van der Waals surface area contributed by atoms with Crippen LogP contribution in [0.25, 0.3) is 0 Å². The van der Waals surface area contributed by atoms with E-state index in [4.69, 9.17) is 14.2 Å². The van der Waals surface area contributed by atoms with Crippen molar-refractivity contribution in [1.29, 1.82) is 0 Å². The van der Waals surface area contributed by atoms with Crippen molar-refractivity contribution in [3.05, 3.63) is 24.3 Å². The number of rotatable bonds is 5. The standard InChI is InChI=1S/C17H25NO3/c1-18(2)11-6-12-19-15-9-5-10-16-17(15)21-14-8-4-3-7-13(14)20-16/h3-4,7-8,15-17H,5-6,9-12H2,1-2H3. The van der Waals surface area contributed by atoms with Crippen LogP contribution in [-0.2, 0) is 4.74 Å². The van der Waals surface area contributed by atoms with E-state index in [0.29, 0.717) is 0 Å². The van der Waals surface area contributed by atoms with E-state index in [1.54, 1.807) is 0 Å². The molecule has 2 aliphatic rings. The second-order valence-electron chi connectivity index (χ2n) is 6.18. The Morgan fingerprint density at radius 3 is 2.67 bits per heavy atom. The van der Waals surface area contributed by atoms with Crippen LogP contribution in [0.1, 0.15) is 25.7 Å². The highest BCUT2D eigenvalue weighted by molar-refractivity contribution is 5.41. The van der Waals surface area contributed by atoms with E-state index < -0.39 is 0 Å². The summed E-state index contributed by atoms with van der Waals surface area (Å²) in [5.41, 5.74) is 0. The Hall–Kier alpha value is -1.26. The zero-order chi connectivity index (χ0) is 14.7. The Kier molecular flexibility index (Phi) is 4.66. The van der Waals surface area contributed by atoms with Gasteiger partial charge in [0.2, 0.25) is 0 Å². The fourth-order valence-corrected chi connectivity index (χ4v) is 3.11. The van der Waals surface area contributed by atoms with Crippen molar-refractivity contribution in [2.45, 2.75) is 44.0 Å². The highest BCUT2D eigenvalue weighted by Crippen LogP contribution is 2.38. The number of benzene rings is 1. The maximum atomic E-state index is 6.17. The van der Waals surface area contributed by atoms with Crippen LogP contribution in [0.3, 0.4) is 0 Å². The lowest BCUT2D eigenvalue weighted by atomic mass is 9.91. The minimum Gasteiger partial charge on any atom is -0.483 e. The first kappa shape index (κ1) is 14.7. The van der Waals surface area contributed by atoms with Crippen LogP contribution in [0.15, 0.2) is 24.3 Å². The molecule has 3 atom stereocenters. The van der Waals surface area contributed by atoms with E-state index in [2.05, 4.69) is 19.0 Å². The van der Waals surface area contributed by atoms with E-state index in [9.17, 15) is 0 Å². The van der Waals surface area contributed by atoms with Crippen LogP contribution in [-0.4, -0.2) is 50.5 Å². The lowest BCUT2D eigenvalue weighted by molar-refractivity contribution is -0.108. The summed E-state index contributed by atoms with van der Waals surface area (Å²) >= 11 is 0. The third kappa shape index (κ3) is 3.50. The molecule has 0 aromatic heterocycles. The number of hydrogen-bond donors (Lipinski definition) is 0. The molecule has 21 heavy (non-hydrogen) atoms. The van der Waals surface area contributed by atoms with Crippen LogP contribution in [0.5, 0.6) is 11.5 Å². The van der Waals surface area contributed by atoms with Gasteiger partial charge in [0.15, 0.2) is 17.6 Å². The molecule has 3 unspecified atom stereocenters. The summed E-state index contributed by atoms with van der Waals surface area (Å²) in [6.07, 6.45) is 4.63. The van der Waals surface area contributed by atoms with Crippen LogP contribution >= 0.6 is 0 Å². The summed E-state index contributed by atoms with van der Waals surface area (Å²) in [6, 6.07) is 7.93. The maximum absolute atomic E-state index is 6.17. The third-order valence-corrected chi connectivity index (χ3v) is 4.18. The number of nitrogens with zero attached hydrogens (tertiary/aromatic N) is 1. The van der Waals surface area contributed by atoms with E-state index >= 15 is 0 Å². The highest BCUT2D eigenvalue weighted by atomic mass is 16.6. The predicted octanol–water partition coefficient (Wildman–Crippen LogP) is 2.72. The first-order chi connectivity index (χ1) is 10.2. The topological polar surface area (TPSA) is 30.9 Å². The van der Waals surface area contributed by atoms with Crippen LogP contribution in [0, 0.1) is 0 Å². The summed E-state index contributed by atoms with van der Waals surface area (Å²) in [4.78, 5) is 2.18. The molecule has 1 heterocycles. The van der Waals surface area contributed by atoms with Gasteiger partial charge in [-0.25, -0.2) is 0 Å². The lowest BCUT2D eigenvalue weighted by Gasteiger charge is -2.41. The number of para-hydroxylation sites is 2. The Balaban J connectivity index is 1.59. The predicted molar refractivity (Wildman–Crippen MR) is 82.0 cm³/mol. The van der Waals surface area contributed by atoms with Gasteiger partial charge in [0, 0.05) is 6.61 Å². The molecule has 0 radical (unpaired) electrons. The summed E-state index contributed by atoms with van der Waals surface area (Å²) in [6.45, 7) is 1.85. The van der Waals surface area contributed by atoms with Crippen molar-refractivity contribution in [2.75, 3.05) is 27.2 Å². The van der Waals surface area contributed by atoms with Gasteiger partial charge in [-0.1, -0.05) is 12.1 Å². The smallest absolute Gasteiger partial charge is 0.161 e. The summed E-state index contributed by atoms with van der Waals surface area (Å²) < 4.78 is 18.3. The molecule has 0 amide bonds. The van der Waals surface area contributed by atoms with Crippen molar-refractivity contribution < 1.29 is 14.2 Å². The average molecular weight is 291 g/mol. The minimum absolute atomic E-state index is 0.0352. The molecule has 4 heteroatoms. The molecule has 1 aromatic rings. The van der Waals surface area contributed by atoms with Gasteiger partial charge in [-0.05, 0) is 58.5 Å². The van der Waals surface area contributed by atoms with Crippen molar-refractivity contribution in [1.82, 2.24) is 4.90 Å². The summed E-state index contributed by atoms with van der Waals surface area (Å²) in [5.74, 6) is 1.72. The van der Waals surface area contributed by atoms with Crippen LogP contribution < -0.4 is 9.47 Å². The molecule has 1 saturated carbocycles. The third-order valence-electron chi connectivity index (χ3n) is 4.18. The average Bonchev–Trinajstić information content (AvgIpc) is 2.49. The SMILES string of the molecule is CN(C)CCCOC1CCCC2Oc3ccccc3OC12. The Morgan fingerprint density at radius 2 is 1.90 bits per heavy atom. The molecule has 1 aromatic carbocycles. The van der Waals surface area contributed by atoms with E-state index in [-0.39, 0.29) is 18.3 Å². The second-order valence-corrected chi connectivity index (χ2v) is 6.18. The largest absolute Gasteiger partial charge is 0.483 e. The van der Waals surface area contributed by atoms with Gasteiger partial charge in [-0.3, -0.25) is 0 Å². The normalized spacial score (nSPS) is 27.5. The molecular weight excluding hydrogens is 266 g/mol. The Morgan fingerprint density at radius 1 is 1.14 bits per heavy atom. The quantitative estimate of drug-likeness (QED) is 0.781. The molecule has 0 N–H and O–H groups in total. The van der Waals surface area contributed by atoms with Gasteiger partial charge >= 0.3 is 0 Å². The zero-order valence-corrected chi connectivity index (χ0v) is 13.0. The Labute approximate surface area is 127 Å². The molecule has 1 aliphatic carbocycles. The lowest BCUT2D eigenvalue weighted by Crippen LogP contribution is -2.51. The minimum atomic E-state index is 0.0352. The highest BCUT2D eigenvalue weighted by Gasteiger charge is 2.40. The molecule has 3 rings (SSSR count). The molecule has 1 aliphatic heterocycles. The van der Waals surface area contributed by atoms with E-state index in [1.165, 1.54) is 0 Å². The van der Waals surface area contributed by atoms with Crippen molar-refractivity contribution in [3.63, 3.8) is 0 Å². The molecule has 0 spiro atoms. The van der Waals surface area contributed by atoms with Crippen LogP contribution in [0.2, 0.25) is 0 Å². The van der Waals surface area contributed by atoms with Gasteiger partial charge in [-0.2, -0.15) is 0 Å². The number of ether oxygens (including phenoxy) is 3. The summed E-state index contributed by atoms with van der Waals surface area (Å²) in [5, 5.41) is 0. The number of fused-ring (bicyclic) bond motifs is 2. The molecule has 4 nitrogen and oxygen atoms in total. The molecule has 0 bridgehead atoms. The molecule has 1 fully saturated rings. The van der Waals surface area contributed by atoms with Gasteiger partial charge in [0.25, 0.3) is 0 Å². The van der Waals surface area contributed by atoms with Gasteiger partial charge < -0.3 is 19.1 Å². The molecular formula is C17H25NO3. The fourth-order valence-electron chi connectivity index (χ4n) is 3.11. The Bertz CT molecular complexity index is 463. The number of hydrogen-bond acceptors (Lipinski definition) is 4. The first-order valence-electron chi connectivity index (χ1n) is 7.93. The van der Waals surface area contributed by atoms with Gasteiger partial charge in [0.1, 0.15) is 6.10 Å². The van der Waals surface area contributed by atoms with Crippen LogP contribution in [0.4, 0.5) is 0 Å². The maximum Gasteiger partial charge on any atom is 0.161 e. The fraction of sp³-hybridized carbons (Fsp3) is 0.647. The van der Waals surface area contributed by atoms with Gasteiger partial charge in [-0.15, -0.1) is 0 Å². The summed E-state index contributed by atoms with van der Waals surface area (Å²) in [7, 11) is 4.18. The van der Waals surface area contributed by atoms with E-state index in [1.807, 2.05) is 24.3 Å². The monoisotopic (exact) mass is 291 g/mol. The molecule has 116 valence electrons. The van der Waals surface area contributed by atoms with E-state index in [0.717, 1.165) is 50.3 Å². The van der Waals surface area contributed by atoms with Crippen molar-refractivity contribution >= 4 is 0 Å². The van der Waals surface area contributed by atoms with Crippen molar-refractivity contribution in [3.8, 4) is 11.5 Å².